The Balaban J connectivity index is 2.11. The van der Waals surface area contributed by atoms with Crippen molar-refractivity contribution in [3.63, 3.8) is 0 Å². The molecule has 1 aromatic carbocycles. The molecule has 0 radical (unpaired) electrons. The molecule has 10 heteroatoms. The van der Waals surface area contributed by atoms with E-state index in [9.17, 15) is 0 Å². The van der Waals surface area contributed by atoms with Crippen LogP contribution in [0.4, 0.5) is 11.8 Å². The lowest BCUT2D eigenvalue weighted by molar-refractivity contribution is 0.415. The molecule has 0 bridgehead atoms. The van der Waals surface area contributed by atoms with Crippen LogP contribution in [0, 0.1) is 0 Å². The number of rotatable bonds is 5. The molecule has 0 aliphatic carbocycles. The van der Waals surface area contributed by atoms with Crippen LogP contribution in [0.3, 0.4) is 0 Å². The monoisotopic (exact) mass is 358 g/mol. The molecule has 0 saturated heterocycles. The van der Waals surface area contributed by atoms with Crippen LogP contribution in [0.25, 0.3) is 11.4 Å². The Morgan fingerprint density at radius 2 is 2.00 bits per heavy atom. The Morgan fingerprint density at radius 1 is 1.20 bits per heavy atom. The van der Waals surface area contributed by atoms with Crippen molar-refractivity contribution in [2.75, 3.05) is 18.6 Å². The van der Waals surface area contributed by atoms with Crippen LogP contribution < -0.4 is 16.2 Å². The Labute approximate surface area is 148 Å². The number of hydrogen-bond acceptors (Lipinski definition) is 9. The normalized spacial score (nSPS) is 11.0. The summed E-state index contributed by atoms with van der Waals surface area (Å²) < 4.78 is 5.51. The van der Waals surface area contributed by atoms with Gasteiger partial charge >= 0.3 is 0 Å². The van der Waals surface area contributed by atoms with Crippen LogP contribution in [0.1, 0.15) is 25.3 Å². The van der Waals surface area contributed by atoms with Gasteiger partial charge in [0.2, 0.25) is 5.95 Å². The fourth-order valence-electron chi connectivity index (χ4n) is 2.34. The van der Waals surface area contributed by atoms with Crippen molar-refractivity contribution in [3.05, 3.63) is 23.9 Å². The van der Waals surface area contributed by atoms with E-state index in [1.54, 1.807) is 13.3 Å². The fourth-order valence-corrected chi connectivity index (χ4v) is 3.42. The van der Waals surface area contributed by atoms with Crippen LogP contribution >= 0.6 is 11.8 Å². The Hall–Kier alpha value is -2.88. The van der Waals surface area contributed by atoms with E-state index in [4.69, 9.17) is 16.2 Å². The number of anilines is 2. The second kappa shape index (κ2) is 6.93. The van der Waals surface area contributed by atoms with Gasteiger partial charge in [-0.05, 0) is 34.0 Å². The van der Waals surface area contributed by atoms with Crippen LogP contribution in [0.2, 0.25) is 0 Å². The third-order valence-electron chi connectivity index (χ3n) is 3.58. The minimum absolute atomic E-state index is 0.147. The molecule has 2 heterocycles. The second-order valence-electron chi connectivity index (χ2n) is 5.57. The van der Waals surface area contributed by atoms with E-state index in [2.05, 4.69) is 44.4 Å². The number of methoxy groups -OCH3 is 1. The van der Waals surface area contributed by atoms with Crippen LogP contribution in [-0.4, -0.2) is 37.7 Å². The van der Waals surface area contributed by atoms with Crippen LogP contribution in [0.15, 0.2) is 28.1 Å². The zero-order valence-electron chi connectivity index (χ0n) is 14.0. The summed E-state index contributed by atoms with van der Waals surface area (Å²) in [5, 5.41) is 14.0. The molecule has 0 spiro atoms. The first-order valence-corrected chi connectivity index (χ1v) is 8.33. The highest BCUT2D eigenvalue weighted by Gasteiger charge is 2.18. The SMILES string of the molecule is COc1cc(C(C)C)c(Sc2cnc(N)nc2N)cc1-c1nnn[nH]1. The van der Waals surface area contributed by atoms with E-state index in [1.165, 1.54) is 11.8 Å². The summed E-state index contributed by atoms with van der Waals surface area (Å²) in [6, 6.07) is 3.95. The molecule has 0 atom stereocenters. The van der Waals surface area contributed by atoms with Crippen LogP contribution in [-0.2, 0) is 0 Å². The van der Waals surface area contributed by atoms with Gasteiger partial charge in [0.05, 0.1) is 17.6 Å². The first-order valence-electron chi connectivity index (χ1n) is 7.51. The number of aromatic amines is 1. The van der Waals surface area contributed by atoms with E-state index in [0.717, 1.165) is 20.9 Å². The van der Waals surface area contributed by atoms with Gasteiger partial charge in [-0.15, -0.1) is 5.10 Å². The molecular weight excluding hydrogens is 340 g/mol. The first-order chi connectivity index (χ1) is 12.0. The van der Waals surface area contributed by atoms with Gasteiger partial charge in [-0.25, -0.2) is 10.1 Å². The molecule has 130 valence electrons. The molecule has 9 nitrogen and oxygen atoms in total. The first kappa shape index (κ1) is 17.0. The van der Waals surface area contributed by atoms with Gasteiger partial charge < -0.3 is 16.2 Å². The standard InChI is InChI=1S/C15H18N8OS/c1-7(2)8-4-10(24-3)9(14-20-22-23-21-14)5-11(8)25-12-6-18-15(17)19-13(12)16/h4-7H,1-3H3,(H4,16,17,18,19)(H,20,21,22,23). The number of tetrazole rings is 1. The summed E-state index contributed by atoms with van der Waals surface area (Å²) >= 11 is 1.46. The predicted octanol–water partition coefficient (Wildman–Crippen LogP) is 2.10. The fraction of sp³-hybridized carbons (Fsp3) is 0.267. The van der Waals surface area contributed by atoms with E-state index in [0.29, 0.717) is 17.4 Å². The molecule has 5 N–H and O–H groups in total. The molecule has 0 fully saturated rings. The maximum absolute atomic E-state index is 5.97. The van der Waals surface area contributed by atoms with Crippen molar-refractivity contribution < 1.29 is 4.74 Å². The van der Waals surface area contributed by atoms with Crippen molar-refractivity contribution in [1.29, 1.82) is 0 Å². The topological polar surface area (TPSA) is 142 Å². The number of nitrogens with two attached hydrogens (primary N) is 2. The summed E-state index contributed by atoms with van der Waals surface area (Å²) in [6.07, 6.45) is 1.62. The van der Waals surface area contributed by atoms with Gasteiger partial charge in [-0.1, -0.05) is 25.6 Å². The van der Waals surface area contributed by atoms with Crippen molar-refractivity contribution in [3.8, 4) is 17.1 Å². The van der Waals surface area contributed by atoms with Gasteiger partial charge in [0, 0.05) is 11.1 Å². The number of hydrogen-bond donors (Lipinski definition) is 3. The second-order valence-corrected chi connectivity index (χ2v) is 6.66. The lowest BCUT2D eigenvalue weighted by atomic mass is 10.0. The van der Waals surface area contributed by atoms with E-state index in [1.807, 2.05) is 12.1 Å². The summed E-state index contributed by atoms with van der Waals surface area (Å²) in [5.74, 6) is 1.97. The molecule has 0 aliphatic rings. The summed E-state index contributed by atoms with van der Waals surface area (Å²) in [6.45, 7) is 4.22. The maximum atomic E-state index is 5.97. The van der Waals surface area contributed by atoms with E-state index < -0.39 is 0 Å². The Kier molecular flexibility index (Phi) is 4.70. The van der Waals surface area contributed by atoms with Gasteiger partial charge in [-0.3, -0.25) is 0 Å². The van der Waals surface area contributed by atoms with Gasteiger partial charge in [0.1, 0.15) is 11.6 Å². The Bertz CT molecular complexity index is 881. The molecule has 2 aromatic heterocycles. The minimum atomic E-state index is 0.147. The maximum Gasteiger partial charge on any atom is 0.221 e. The van der Waals surface area contributed by atoms with E-state index in [-0.39, 0.29) is 11.9 Å². The number of nitrogens with zero attached hydrogens (tertiary/aromatic N) is 5. The zero-order chi connectivity index (χ0) is 18.0. The molecule has 25 heavy (non-hydrogen) atoms. The molecule has 3 aromatic rings. The van der Waals surface area contributed by atoms with Gasteiger partial charge in [-0.2, -0.15) is 4.98 Å². The summed E-state index contributed by atoms with van der Waals surface area (Å²) in [7, 11) is 1.62. The summed E-state index contributed by atoms with van der Waals surface area (Å²) in [4.78, 5) is 9.74. The third kappa shape index (κ3) is 3.48. The highest BCUT2D eigenvalue weighted by atomic mass is 32.2. The van der Waals surface area contributed by atoms with Crippen molar-refractivity contribution in [2.45, 2.75) is 29.6 Å². The number of H-pyrrole nitrogens is 1. The molecule has 0 amide bonds. The largest absolute Gasteiger partial charge is 0.496 e. The number of ether oxygens (including phenoxy) is 1. The molecule has 0 aliphatic heterocycles. The lowest BCUT2D eigenvalue weighted by Crippen LogP contribution is -2.01. The Morgan fingerprint density at radius 3 is 2.60 bits per heavy atom. The number of benzene rings is 1. The quantitative estimate of drug-likeness (QED) is 0.625. The van der Waals surface area contributed by atoms with Crippen molar-refractivity contribution in [2.24, 2.45) is 0 Å². The highest BCUT2D eigenvalue weighted by molar-refractivity contribution is 7.99. The zero-order valence-corrected chi connectivity index (χ0v) is 14.8. The third-order valence-corrected chi connectivity index (χ3v) is 4.68. The van der Waals surface area contributed by atoms with Gasteiger partial charge in [0.15, 0.2) is 5.82 Å². The predicted molar refractivity (Wildman–Crippen MR) is 95.2 cm³/mol. The summed E-state index contributed by atoms with van der Waals surface area (Å²) in [5.41, 5.74) is 13.4. The average Bonchev–Trinajstić information content (AvgIpc) is 3.11. The van der Waals surface area contributed by atoms with Gasteiger partial charge in [0.25, 0.3) is 0 Å². The molecular formula is C15H18N8OS. The molecule has 3 rings (SSSR count). The average molecular weight is 358 g/mol. The van der Waals surface area contributed by atoms with Crippen molar-refractivity contribution >= 4 is 23.5 Å². The van der Waals surface area contributed by atoms with Crippen LogP contribution in [0.5, 0.6) is 5.75 Å². The number of nitrogens with one attached hydrogen (secondary N) is 1. The molecule has 0 unspecified atom stereocenters. The number of aromatic nitrogens is 6. The highest BCUT2D eigenvalue weighted by Crippen LogP contribution is 2.41. The smallest absolute Gasteiger partial charge is 0.221 e. The van der Waals surface area contributed by atoms with Crippen molar-refractivity contribution in [1.82, 2.24) is 30.6 Å². The lowest BCUT2D eigenvalue weighted by Gasteiger charge is -2.17. The van der Waals surface area contributed by atoms with E-state index >= 15 is 0 Å². The minimum Gasteiger partial charge on any atom is -0.496 e. The number of nitrogen functional groups attached to an aromatic ring is 2. The molecule has 0 saturated carbocycles.